The number of rotatable bonds is 4. The molecule has 2 N–H and O–H groups in total. The Kier molecular flexibility index (Phi) is 4.94. The van der Waals surface area contributed by atoms with Crippen LogP contribution >= 0.6 is 12.2 Å². The number of piperazine rings is 1. The highest BCUT2D eigenvalue weighted by Crippen LogP contribution is 2.21. The normalized spacial score (nSPS) is 18.1. The third-order valence-corrected chi connectivity index (χ3v) is 4.33. The van der Waals surface area contributed by atoms with Crippen molar-refractivity contribution in [2.75, 3.05) is 31.1 Å². The van der Waals surface area contributed by atoms with E-state index in [1.54, 1.807) is 6.07 Å². The zero-order valence-corrected chi connectivity index (χ0v) is 12.9. The topological polar surface area (TPSA) is 32.5 Å². The van der Waals surface area contributed by atoms with E-state index in [9.17, 15) is 4.39 Å². The van der Waals surface area contributed by atoms with Crippen molar-refractivity contribution in [2.45, 2.75) is 26.3 Å². The number of halogens is 1. The molecular formula is C15H22FN3S. The van der Waals surface area contributed by atoms with E-state index in [-0.39, 0.29) is 10.8 Å². The highest BCUT2D eigenvalue weighted by Gasteiger charge is 2.20. The van der Waals surface area contributed by atoms with Crippen molar-refractivity contribution in [1.82, 2.24) is 4.90 Å². The Hall–Kier alpha value is -1.20. The molecule has 1 heterocycles. The largest absolute Gasteiger partial charge is 0.389 e. The van der Waals surface area contributed by atoms with Crippen LogP contribution in [0.25, 0.3) is 0 Å². The van der Waals surface area contributed by atoms with Crippen LogP contribution in [0.3, 0.4) is 0 Å². The maximum atomic E-state index is 13.9. The summed E-state index contributed by atoms with van der Waals surface area (Å²) in [7, 11) is 0. The second-order valence-electron chi connectivity index (χ2n) is 5.31. The molecule has 0 bridgehead atoms. The first-order chi connectivity index (χ1) is 9.52. The van der Waals surface area contributed by atoms with Gasteiger partial charge in [0.25, 0.3) is 0 Å². The number of hydrogen-bond donors (Lipinski definition) is 1. The molecule has 0 aromatic heterocycles. The summed E-state index contributed by atoms with van der Waals surface area (Å²) in [5.41, 5.74) is 6.71. The van der Waals surface area contributed by atoms with Crippen molar-refractivity contribution in [2.24, 2.45) is 5.73 Å². The van der Waals surface area contributed by atoms with Crippen LogP contribution in [0.2, 0.25) is 0 Å². The molecule has 0 saturated carbocycles. The van der Waals surface area contributed by atoms with E-state index in [2.05, 4.69) is 23.6 Å². The molecule has 0 aliphatic carbocycles. The van der Waals surface area contributed by atoms with Crippen molar-refractivity contribution in [1.29, 1.82) is 0 Å². The third-order valence-electron chi connectivity index (χ3n) is 4.11. The molecule has 1 atom stereocenters. The van der Waals surface area contributed by atoms with Crippen LogP contribution < -0.4 is 10.6 Å². The highest BCUT2D eigenvalue weighted by molar-refractivity contribution is 7.80. The van der Waals surface area contributed by atoms with Crippen LogP contribution in [0.4, 0.5) is 10.1 Å². The molecule has 0 amide bonds. The minimum absolute atomic E-state index is 0.107. The molecule has 20 heavy (non-hydrogen) atoms. The summed E-state index contributed by atoms with van der Waals surface area (Å²) in [5, 5.41) is 0. The first-order valence-corrected chi connectivity index (χ1v) is 7.52. The zero-order valence-electron chi connectivity index (χ0n) is 12.1. The third kappa shape index (κ3) is 3.27. The molecule has 3 nitrogen and oxygen atoms in total. The van der Waals surface area contributed by atoms with Crippen molar-refractivity contribution < 1.29 is 4.39 Å². The summed E-state index contributed by atoms with van der Waals surface area (Å²) in [6.45, 7) is 8.36. The van der Waals surface area contributed by atoms with Gasteiger partial charge in [0.1, 0.15) is 10.8 Å². The molecule has 0 radical (unpaired) electrons. The van der Waals surface area contributed by atoms with Gasteiger partial charge in [-0.15, -0.1) is 0 Å². The van der Waals surface area contributed by atoms with E-state index in [1.807, 2.05) is 6.07 Å². The van der Waals surface area contributed by atoms with Crippen molar-refractivity contribution >= 4 is 22.9 Å². The van der Waals surface area contributed by atoms with Gasteiger partial charge in [0.05, 0.1) is 0 Å². The number of hydrogen-bond acceptors (Lipinski definition) is 3. The first-order valence-electron chi connectivity index (χ1n) is 7.11. The Morgan fingerprint density at radius 1 is 1.35 bits per heavy atom. The predicted molar refractivity (Wildman–Crippen MR) is 85.8 cm³/mol. The molecule has 0 spiro atoms. The summed E-state index contributed by atoms with van der Waals surface area (Å²) in [4.78, 5) is 4.80. The standard InChI is InChI=1S/C15H22FN3S/c1-3-11(2)18-6-8-19(9-7-18)12-4-5-13(15(17)20)14(16)10-12/h4-5,10-11H,3,6-9H2,1-2H3,(H2,17,20). The maximum Gasteiger partial charge on any atom is 0.135 e. The molecular weight excluding hydrogens is 273 g/mol. The average molecular weight is 295 g/mol. The Morgan fingerprint density at radius 3 is 2.50 bits per heavy atom. The number of thiocarbonyl (C=S) groups is 1. The fourth-order valence-corrected chi connectivity index (χ4v) is 2.75. The van der Waals surface area contributed by atoms with Crippen molar-refractivity contribution in [3.05, 3.63) is 29.6 Å². The molecule has 1 fully saturated rings. The fraction of sp³-hybridized carbons (Fsp3) is 0.533. The van der Waals surface area contributed by atoms with E-state index in [0.29, 0.717) is 11.6 Å². The van der Waals surface area contributed by atoms with Gasteiger partial charge < -0.3 is 10.6 Å². The molecule has 1 unspecified atom stereocenters. The van der Waals surface area contributed by atoms with Crippen LogP contribution in [0, 0.1) is 5.82 Å². The Morgan fingerprint density at radius 2 is 2.00 bits per heavy atom. The molecule has 1 aliphatic heterocycles. The van der Waals surface area contributed by atoms with Gasteiger partial charge in [0.15, 0.2) is 0 Å². The lowest BCUT2D eigenvalue weighted by Gasteiger charge is -2.39. The predicted octanol–water partition coefficient (Wildman–Crippen LogP) is 2.38. The second-order valence-corrected chi connectivity index (χ2v) is 5.75. The van der Waals surface area contributed by atoms with Gasteiger partial charge in [-0.1, -0.05) is 19.1 Å². The Balaban J connectivity index is 2.04. The molecule has 2 rings (SSSR count). The summed E-state index contributed by atoms with van der Waals surface area (Å²) in [6.07, 6.45) is 1.16. The maximum absolute atomic E-state index is 13.9. The lowest BCUT2D eigenvalue weighted by atomic mass is 10.1. The van der Waals surface area contributed by atoms with E-state index in [1.165, 1.54) is 6.07 Å². The summed E-state index contributed by atoms with van der Waals surface area (Å²) >= 11 is 4.82. The van der Waals surface area contributed by atoms with Crippen LogP contribution in [-0.4, -0.2) is 42.1 Å². The molecule has 1 aromatic rings. The lowest BCUT2D eigenvalue weighted by molar-refractivity contribution is 0.193. The molecule has 5 heteroatoms. The van der Waals surface area contributed by atoms with Crippen molar-refractivity contribution in [3.8, 4) is 0 Å². The smallest absolute Gasteiger partial charge is 0.135 e. The van der Waals surface area contributed by atoms with Crippen molar-refractivity contribution in [3.63, 3.8) is 0 Å². The minimum Gasteiger partial charge on any atom is -0.389 e. The quantitative estimate of drug-likeness (QED) is 0.865. The summed E-state index contributed by atoms with van der Waals surface area (Å²) in [5.74, 6) is -0.334. The summed E-state index contributed by atoms with van der Waals surface area (Å²) < 4.78 is 13.9. The molecule has 110 valence electrons. The van der Waals surface area contributed by atoms with Crippen LogP contribution in [-0.2, 0) is 0 Å². The van der Waals surface area contributed by atoms with Gasteiger partial charge >= 0.3 is 0 Å². The van der Waals surface area contributed by atoms with Gasteiger partial charge in [-0.3, -0.25) is 4.90 Å². The van der Waals surface area contributed by atoms with Gasteiger partial charge in [0, 0.05) is 43.5 Å². The Labute approximate surface area is 125 Å². The van der Waals surface area contributed by atoms with Gasteiger partial charge in [0.2, 0.25) is 0 Å². The SMILES string of the molecule is CCC(C)N1CCN(c2ccc(C(N)=S)c(F)c2)CC1. The number of benzene rings is 1. The molecule has 1 saturated heterocycles. The average Bonchev–Trinajstić information content (AvgIpc) is 2.46. The van der Waals surface area contributed by atoms with Crippen LogP contribution in [0.1, 0.15) is 25.8 Å². The zero-order chi connectivity index (χ0) is 14.7. The number of nitrogens with zero attached hydrogens (tertiary/aromatic N) is 2. The van der Waals surface area contributed by atoms with Gasteiger partial charge in [-0.05, 0) is 31.5 Å². The van der Waals surface area contributed by atoms with E-state index in [0.717, 1.165) is 38.3 Å². The van der Waals surface area contributed by atoms with Gasteiger partial charge in [-0.25, -0.2) is 4.39 Å². The number of nitrogens with two attached hydrogens (primary N) is 1. The summed E-state index contributed by atoms with van der Waals surface area (Å²) in [6, 6.07) is 5.73. The van der Waals surface area contributed by atoms with Crippen LogP contribution in [0.5, 0.6) is 0 Å². The first kappa shape index (κ1) is 15.2. The van der Waals surface area contributed by atoms with E-state index in [4.69, 9.17) is 18.0 Å². The molecule has 1 aromatic carbocycles. The van der Waals surface area contributed by atoms with E-state index < -0.39 is 0 Å². The fourth-order valence-electron chi connectivity index (χ4n) is 2.58. The van der Waals surface area contributed by atoms with Gasteiger partial charge in [-0.2, -0.15) is 0 Å². The highest BCUT2D eigenvalue weighted by atomic mass is 32.1. The lowest BCUT2D eigenvalue weighted by Crippen LogP contribution is -2.49. The molecule has 1 aliphatic rings. The monoisotopic (exact) mass is 295 g/mol. The number of anilines is 1. The van der Waals surface area contributed by atoms with Crippen LogP contribution in [0.15, 0.2) is 18.2 Å². The van der Waals surface area contributed by atoms with E-state index >= 15 is 0 Å². The minimum atomic E-state index is -0.334. The second kappa shape index (κ2) is 6.50. The Bertz CT molecular complexity index is 484.